The molecule has 1 aliphatic rings. The van der Waals surface area contributed by atoms with Crippen LogP contribution in [0.25, 0.3) is 0 Å². The highest BCUT2D eigenvalue weighted by molar-refractivity contribution is 5.01. The average molecular weight is 130 g/mol. The summed E-state index contributed by atoms with van der Waals surface area (Å²) >= 11 is 0. The molecule has 3 nitrogen and oxygen atoms in total. The zero-order valence-electron chi connectivity index (χ0n) is 5.56. The van der Waals surface area contributed by atoms with E-state index in [1.54, 1.807) is 0 Å². The molecule has 0 saturated heterocycles. The predicted octanol–water partition coefficient (Wildman–Crippen LogP) is -0.940. The van der Waals surface area contributed by atoms with Crippen LogP contribution in [-0.2, 0) is 0 Å². The van der Waals surface area contributed by atoms with Gasteiger partial charge in [0.1, 0.15) is 0 Å². The fourth-order valence-electron chi connectivity index (χ4n) is 0.879. The molecule has 0 atom stereocenters. The topological polar surface area (TPSA) is 58.3 Å². The predicted molar refractivity (Wildman–Crippen MR) is 36.1 cm³/mol. The lowest BCUT2D eigenvalue weighted by molar-refractivity contribution is 0.232. The number of nitrogens with one attached hydrogen (secondary N) is 1. The van der Waals surface area contributed by atoms with Crippen LogP contribution in [0, 0.1) is 0 Å². The Balaban J connectivity index is 2.10. The molecule has 0 spiro atoms. The molecule has 1 saturated carbocycles. The molecule has 0 unspecified atom stereocenters. The molecule has 1 fully saturated rings. The molecular weight excluding hydrogens is 116 g/mol. The van der Waals surface area contributed by atoms with Crippen LogP contribution >= 0.6 is 0 Å². The molecule has 0 aromatic carbocycles. The van der Waals surface area contributed by atoms with Gasteiger partial charge in [-0.25, -0.2) is 0 Å². The normalized spacial score (nSPS) is 22.0. The number of hydrogen-bond acceptors (Lipinski definition) is 3. The smallest absolute Gasteiger partial charge is 0.0613 e. The molecule has 54 valence electrons. The van der Waals surface area contributed by atoms with Gasteiger partial charge >= 0.3 is 0 Å². The van der Waals surface area contributed by atoms with E-state index in [2.05, 4.69) is 5.32 Å². The maximum atomic E-state index is 8.78. The zero-order valence-corrected chi connectivity index (χ0v) is 5.56. The van der Waals surface area contributed by atoms with Gasteiger partial charge in [-0.05, 0) is 12.8 Å². The molecule has 9 heavy (non-hydrogen) atoms. The Morgan fingerprint density at radius 2 is 2.22 bits per heavy atom. The third-order valence-corrected chi connectivity index (χ3v) is 1.80. The molecular formula is C6H14N2O. The van der Waals surface area contributed by atoms with Crippen LogP contribution in [0.3, 0.4) is 0 Å². The Hall–Kier alpha value is -0.120. The first-order chi connectivity index (χ1) is 4.33. The molecule has 0 heterocycles. The van der Waals surface area contributed by atoms with Gasteiger partial charge in [0.25, 0.3) is 0 Å². The third-order valence-electron chi connectivity index (χ3n) is 1.80. The lowest BCUT2D eigenvalue weighted by Crippen LogP contribution is -2.37. The van der Waals surface area contributed by atoms with Crippen molar-refractivity contribution in [1.82, 2.24) is 5.32 Å². The van der Waals surface area contributed by atoms with Crippen LogP contribution in [0.4, 0.5) is 0 Å². The van der Waals surface area contributed by atoms with E-state index in [9.17, 15) is 0 Å². The minimum atomic E-state index is 0.0688. The van der Waals surface area contributed by atoms with Crippen molar-refractivity contribution in [2.24, 2.45) is 5.73 Å². The average Bonchev–Trinajstić information content (AvgIpc) is 2.65. The fourth-order valence-corrected chi connectivity index (χ4v) is 0.879. The number of hydrogen-bond donors (Lipinski definition) is 3. The van der Waals surface area contributed by atoms with Crippen molar-refractivity contribution in [3.63, 3.8) is 0 Å². The van der Waals surface area contributed by atoms with E-state index in [1.165, 1.54) is 0 Å². The van der Waals surface area contributed by atoms with E-state index in [0.717, 1.165) is 19.4 Å². The van der Waals surface area contributed by atoms with Crippen LogP contribution in [0.15, 0.2) is 0 Å². The van der Waals surface area contributed by atoms with E-state index in [-0.39, 0.29) is 12.1 Å². The Kier molecular flexibility index (Phi) is 2.05. The van der Waals surface area contributed by atoms with Crippen LogP contribution in [-0.4, -0.2) is 30.3 Å². The number of aliphatic hydroxyl groups excluding tert-OH is 1. The number of aliphatic hydroxyl groups is 1. The van der Waals surface area contributed by atoms with E-state index in [4.69, 9.17) is 10.8 Å². The number of nitrogens with two attached hydrogens (primary N) is 1. The quantitative estimate of drug-likeness (QED) is 0.460. The van der Waals surface area contributed by atoms with Gasteiger partial charge in [-0.3, -0.25) is 0 Å². The molecule has 0 aromatic rings. The van der Waals surface area contributed by atoms with Gasteiger partial charge in [0.05, 0.1) is 6.61 Å². The second-order valence-corrected chi connectivity index (χ2v) is 2.65. The first-order valence-corrected chi connectivity index (χ1v) is 3.39. The van der Waals surface area contributed by atoms with Crippen molar-refractivity contribution in [3.05, 3.63) is 0 Å². The lowest BCUT2D eigenvalue weighted by Gasteiger charge is -2.11. The van der Waals surface area contributed by atoms with Gasteiger partial charge in [0, 0.05) is 18.6 Å². The summed E-state index contributed by atoms with van der Waals surface area (Å²) in [6.45, 7) is 1.73. The van der Waals surface area contributed by atoms with Crippen molar-refractivity contribution in [1.29, 1.82) is 0 Å². The third kappa shape index (κ3) is 1.64. The summed E-state index contributed by atoms with van der Waals surface area (Å²) in [4.78, 5) is 0. The summed E-state index contributed by atoms with van der Waals surface area (Å²) in [5, 5.41) is 12.0. The van der Waals surface area contributed by atoms with Crippen molar-refractivity contribution in [2.75, 3.05) is 19.7 Å². The largest absolute Gasteiger partial charge is 0.394 e. The summed E-state index contributed by atoms with van der Waals surface area (Å²) < 4.78 is 0. The van der Waals surface area contributed by atoms with E-state index < -0.39 is 0 Å². The van der Waals surface area contributed by atoms with Crippen molar-refractivity contribution in [2.45, 2.75) is 18.4 Å². The standard InChI is InChI=1S/C6H14N2O/c7-3-4-8-6(5-9)1-2-6/h8-9H,1-5,7H2. The minimum absolute atomic E-state index is 0.0688. The zero-order chi connectivity index (χ0) is 6.74. The first kappa shape index (κ1) is 6.99. The van der Waals surface area contributed by atoms with Crippen molar-refractivity contribution in [3.8, 4) is 0 Å². The maximum Gasteiger partial charge on any atom is 0.0613 e. The van der Waals surface area contributed by atoms with Crippen LogP contribution < -0.4 is 11.1 Å². The van der Waals surface area contributed by atoms with E-state index in [0.29, 0.717) is 6.54 Å². The van der Waals surface area contributed by atoms with Gasteiger partial charge in [-0.1, -0.05) is 0 Å². The highest BCUT2D eigenvalue weighted by Crippen LogP contribution is 2.33. The van der Waals surface area contributed by atoms with Gasteiger partial charge in [-0.15, -0.1) is 0 Å². The number of rotatable bonds is 4. The second kappa shape index (κ2) is 2.64. The molecule has 3 heteroatoms. The minimum Gasteiger partial charge on any atom is -0.394 e. The van der Waals surface area contributed by atoms with Gasteiger partial charge in [0.2, 0.25) is 0 Å². The van der Waals surface area contributed by atoms with E-state index >= 15 is 0 Å². The molecule has 0 aliphatic heterocycles. The Morgan fingerprint density at radius 1 is 1.56 bits per heavy atom. The highest BCUT2D eigenvalue weighted by atomic mass is 16.3. The van der Waals surface area contributed by atoms with Gasteiger partial charge in [-0.2, -0.15) is 0 Å². The SMILES string of the molecule is NCCNC1(CO)CC1. The van der Waals surface area contributed by atoms with Crippen LogP contribution in [0.1, 0.15) is 12.8 Å². The maximum absolute atomic E-state index is 8.78. The summed E-state index contributed by atoms with van der Waals surface area (Å²) in [6.07, 6.45) is 2.20. The molecule has 0 amide bonds. The van der Waals surface area contributed by atoms with Crippen molar-refractivity contribution < 1.29 is 5.11 Å². The summed E-state index contributed by atoms with van der Waals surface area (Å²) in [5.74, 6) is 0. The summed E-state index contributed by atoms with van der Waals surface area (Å²) in [7, 11) is 0. The Labute approximate surface area is 55.2 Å². The van der Waals surface area contributed by atoms with Gasteiger partial charge < -0.3 is 16.2 Å². The molecule has 0 radical (unpaired) electrons. The second-order valence-electron chi connectivity index (χ2n) is 2.65. The first-order valence-electron chi connectivity index (χ1n) is 3.39. The van der Waals surface area contributed by atoms with Gasteiger partial charge in [0.15, 0.2) is 0 Å². The molecule has 1 aliphatic carbocycles. The fraction of sp³-hybridized carbons (Fsp3) is 1.00. The van der Waals surface area contributed by atoms with Crippen LogP contribution in [0.5, 0.6) is 0 Å². The van der Waals surface area contributed by atoms with Crippen molar-refractivity contribution >= 4 is 0 Å². The molecule has 4 N–H and O–H groups in total. The molecule has 0 bridgehead atoms. The highest BCUT2D eigenvalue weighted by Gasteiger charge is 2.40. The Morgan fingerprint density at radius 3 is 2.56 bits per heavy atom. The summed E-state index contributed by atoms with van der Waals surface area (Å²) in [6, 6.07) is 0. The lowest BCUT2D eigenvalue weighted by atomic mass is 10.3. The molecule has 0 aromatic heterocycles. The summed E-state index contributed by atoms with van der Waals surface area (Å²) in [5.41, 5.74) is 5.34. The Bertz CT molecular complexity index is 91.1. The monoisotopic (exact) mass is 130 g/mol. The van der Waals surface area contributed by atoms with Crippen LogP contribution in [0.2, 0.25) is 0 Å². The van der Waals surface area contributed by atoms with E-state index in [1.807, 2.05) is 0 Å². The molecule has 1 rings (SSSR count).